The molecule has 4 rings (SSSR count). The van der Waals surface area contributed by atoms with E-state index in [1.807, 2.05) is 12.1 Å². The zero-order chi connectivity index (χ0) is 19.7. The molecule has 1 aromatic rings. The third-order valence-electron chi connectivity index (χ3n) is 5.98. The summed E-state index contributed by atoms with van der Waals surface area (Å²) in [5.41, 5.74) is 2.82. The number of likely N-dealkylation sites (N-methyl/N-ethyl adjacent to an activating group) is 1. The van der Waals surface area contributed by atoms with E-state index in [0.717, 1.165) is 25.2 Å². The van der Waals surface area contributed by atoms with Crippen LogP contribution in [0.4, 0.5) is 0 Å². The summed E-state index contributed by atoms with van der Waals surface area (Å²) in [4.78, 5) is 40.2. The number of benzene rings is 1. The lowest BCUT2D eigenvalue weighted by Crippen LogP contribution is -2.52. The Labute approximate surface area is 165 Å². The van der Waals surface area contributed by atoms with Crippen molar-refractivity contribution in [3.05, 3.63) is 34.9 Å². The first kappa shape index (κ1) is 19.1. The van der Waals surface area contributed by atoms with E-state index in [1.165, 1.54) is 24.8 Å². The molecule has 7 nitrogen and oxygen atoms in total. The molecule has 150 valence electrons. The molecular weight excluding hydrogens is 356 g/mol. The molecule has 3 aliphatic heterocycles. The van der Waals surface area contributed by atoms with Crippen molar-refractivity contribution in [3.8, 4) is 0 Å². The van der Waals surface area contributed by atoms with E-state index in [1.54, 1.807) is 4.90 Å². The minimum absolute atomic E-state index is 0.115. The molecule has 2 atom stereocenters. The van der Waals surface area contributed by atoms with E-state index >= 15 is 0 Å². The molecule has 1 aromatic carbocycles. The van der Waals surface area contributed by atoms with Crippen molar-refractivity contribution in [1.82, 2.24) is 20.4 Å². The predicted octanol–water partition coefficient (Wildman–Crippen LogP) is 1.02. The standard InChI is InChI=1S/C21H28N4O3/c1-24(13-16-4-2-3-9-22-16)11-14-5-6-17-15(10-14)12-25(21(17)28)18-7-8-19(26)23-20(18)27/h5-6,10,16,18,22H,2-4,7-9,11-13H2,1H3,(H,23,26,27)/t16-,18?/m0/s1. The molecule has 2 fully saturated rings. The summed E-state index contributed by atoms with van der Waals surface area (Å²) in [6.07, 6.45) is 4.46. The lowest BCUT2D eigenvalue weighted by atomic mass is 10.0. The lowest BCUT2D eigenvalue weighted by molar-refractivity contribution is -0.136. The molecule has 0 saturated carbocycles. The smallest absolute Gasteiger partial charge is 0.255 e. The number of piperidine rings is 2. The Balaban J connectivity index is 1.40. The van der Waals surface area contributed by atoms with Crippen LogP contribution in [0.15, 0.2) is 18.2 Å². The number of hydrogen-bond donors (Lipinski definition) is 2. The summed E-state index contributed by atoms with van der Waals surface area (Å²) in [5, 5.41) is 5.92. The van der Waals surface area contributed by atoms with Crippen LogP contribution >= 0.6 is 0 Å². The summed E-state index contributed by atoms with van der Waals surface area (Å²) in [6, 6.07) is 5.98. The largest absolute Gasteiger partial charge is 0.322 e. The van der Waals surface area contributed by atoms with Crippen molar-refractivity contribution in [2.75, 3.05) is 20.1 Å². The minimum Gasteiger partial charge on any atom is -0.322 e. The van der Waals surface area contributed by atoms with Crippen LogP contribution in [0.1, 0.15) is 53.6 Å². The molecule has 0 spiro atoms. The van der Waals surface area contributed by atoms with Gasteiger partial charge in [-0.1, -0.05) is 18.6 Å². The summed E-state index contributed by atoms with van der Waals surface area (Å²) in [5.74, 6) is -0.739. The Bertz CT molecular complexity index is 788. The number of imide groups is 1. The van der Waals surface area contributed by atoms with E-state index in [-0.39, 0.29) is 24.1 Å². The molecule has 1 unspecified atom stereocenters. The van der Waals surface area contributed by atoms with Crippen LogP contribution in [0.5, 0.6) is 0 Å². The van der Waals surface area contributed by atoms with Gasteiger partial charge in [0, 0.05) is 37.7 Å². The van der Waals surface area contributed by atoms with Gasteiger partial charge in [-0.3, -0.25) is 19.7 Å². The van der Waals surface area contributed by atoms with Gasteiger partial charge in [-0.05, 0) is 50.0 Å². The van der Waals surface area contributed by atoms with Gasteiger partial charge in [0.25, 0.3) is 5.91 Å². The molecule has 2 N–H and O–H groups in total. The van der Waals surface area contributed by atoms with Crippen LogP contribution in [0.2, 0.25) is 0 Å². The van der Waals surface area contributed by atoms with Crippen LogP contribution in [-0.4, -0.2) is 59.7 Å². The molecule has 28 heavy (non-hydrogen) atoms. The number of nitrogens with zero attached hydrogens (tertiary/aromatic N) is 2. The molecular formula is C21H28N4O3. The highest BCUT2D eigenvalue weighted by atomic mass is 16.2. The number of fused-ring (bicyclic) bond motifs is 1. The quantitative estimate of drug-likeness (QED) is 0.741. The number of nitrogens with one attached hydrogen (secondary N) is 2. The van der Waals surface area contributed by atoms with Gasteiger partial charge >= 0.3 is 0 Å². The maximum atomic E-state index is 12.8. The van der Waals surface area contributed by atoms with E-state index in [4.69, 9.17) is 0 Å². The Morgan fingerprint density at radius 2 is 2.04 bits per heavy atom. The molecule has 3 amide bonds. The molecule has 2 saturated heterocycles. The van der Waals surface area contributed by atoms with Gasteiger partial charge in [0.2, 0.25) is 11.8 Å². The first-order valence-corrected chi connectivity index (χ1v) is 10.2. The van der Waals surface area contributed by atoms with Crippen molar-refractivity contribution in [2.45, 2.75) is 57.3 Å². The Morgan fingerprint density at radius 1 is 1.18 bits per heavy atom. The summed E-state index contributed by atoms with van der Waals surface area (Å²) in [6.45, 7) is 3.38. The van der Waals surface area contributed by atoms with E-state index < -0.39 is 6.04 Å². The first-order chi connectivity index (χ1) is 13.5. The van der Waals surface area contributed by atoms with E-state index in [9.17, 15) is 14.4 Å². The van der Waals surface area contributed by atoms with Crippen molar-refractivity contribution in [1.29, 1.82) is 0 Å². The Hall–Kier alpha value is -2.25. The monoisotopic (exact) mass is 384 g/mol. The van der Waals surface area contributed by atoms with Crippen molar-refractivity contribution >= 4 is 17.7 Å². The van der Waals surface area contributed by atoms with Crippen LogP contribution in [0.25, 0.3) is 0 Å². The van der Waals surface area contributed by atoms with E-state index in [0.29, 0.717) is 24.6 Å². The topological polar surface area (TPSA) is 81.8 Å². The molecule has 3 heterocycles. The predicted molar refractivity (Wildman–Crippen MR) is 104 cm³/mol. The summed E-state index contributed by atoms with van der Waals surface area (Å²) < 4.78 is 0. The highest BCUT2D eigenvalue weighted by Crippen LogP contribution is 2.28. The van der Waals surface area contributed by atoms with E-state index in [2.05, 4.69) is 28.6 Å². The highest BCUT2D eigenvalue weighted by Gasteiger charge is 2.39. The number of amides is 3. The average Bonchev–Trinajstić information content (AvgIpc) is 2.98. The summed E-state index contributed by atoms with van der Waals surface area (Å²) in [7, 11) is 2.13. The number of carbonyl (C=O) groups is 3. The zero-order valence-electron chi connectivity index (χ0n) is 16.4. The fourth-order valence-corrected chi connectivity index (χ4v) is 4.56. The first-order valence-electron chi connectivity index (χ1n) is 10.2. The Morgan fingerprint density at radius 3 is 2.79 bits per heavy atom. The fourth-order valence-electron chi connectivity index (χ4n) is 4.56. The fraction of sp³-hybridized carbons (Fsp3) is 0.571. The van der Waals surface area contributed by atoms with Crippen molar-refractivity contribution in [3.63, 3.8) is 0 Å². The third kappa shape index (κ3) is 3.95. The SMILES string of the molecule is CN(Cc1ccc2c(c1)CN(C1CCC(=O)NC1=O)C2=O)C[C@@H]1CCCCN1. The lowest BCUT2D eigenvalue weighted by Gasteiger charge is -2.29. The second-order valence-corrected chi connectivity index (χ2v) is 8.24. The number of carbonyl (C=O) groups excluding carboxylic acids is 3. The average molecular weight is 384 g/mol. The van der Waals surface area contributed by atoms with Gasteiger partial charge in [0.15, 0.2) is 0 Å². The number of hydrogen-bond acceptors (Lipinski definition) is 5. The highest BCUT2D eigenvalue weighted by molar-refractivity contribution is 6.05. The van der Waals surface area contributed by atoms with Crippen molar-refractivity contribution < 1.29 is 14.4 Å². The van der Waals surface area contributed by atoms with Crippen LogP contribution in [-0.2, 0) is 22.7 Å². The molecule has 0 bridgehead atoms. The molecule has 0 aliphatic carbocycles. The van der Waals surface area contributed by atoms with Gasteiger partial charge in [-0.15, -0.1) is 0 Å². The number of rotatable bonds is 5. The van der Waals surface area contributed by atoms with Gasteiger partial charge < -0.3 is 15.1 Å². The van der Waals surface area contributed by atoms with Gasteiger partial charge in [-0.2, -0.15) is 0 Å². The maximum absolute atomic E-state index is 12.8. The normalized spacial score (nSPS) is 25.2. The molecule has 0 radical (unpaired) electrons. The zero-order valence-corrected chi connectivity index (χ0v) is 16.4. The van der Waals surface area contributed by atoms with Crippen LogP contribution < -0.4 is 10.6 Å². The maximum Gasteiger partial charge on any atom is 0.255 e. The minimum atomic E-state index is -0.555. The van der Waals surface area contributed by atoms with Gasteiger partial charge in [0.05, 0.1) is 0 Å². The second-order valence-electron chi connectivity index (χ2n) is 8.24. The van der Waals surface area contributed by atoms with Crippen LogP contribution in [0, 0.1) is 0 Å². The molecule has 0 aromatic heterocycles. The van der Waals surface area contributed by atoms with Crippen LogP contribution in [0.3, 0.4) is 0 Å². The third-order valence-corrected chi connectivity index (χ3v) is 5.98. The Kier molecular flexibility index (Phi) is 5.46. The molecule has 3 aliphatic rings. The van der Waals surface area contributed by atoms with Gasteiger partial charge in [0.1, 0.15) is 6.04 Å². The van der Waals surface area contributed by atoms with Crippen molar-refractivity contribution in [2.24, 2.45) is 0 Å². The van der Waals surface area contributed by atoms with Gasteiger partial charge in [-0.25, -0.2) is 0 Å². The molecule has 7 heteroatoms. The summed E-state index contributed by atoms with van der Waals surface area (Å²) >= 11 is 0. The second kappa shape index (κ2) is 8.01.